The topological polar surface area (TPSA) is 110 Å². The summed E-state index contributed by atoms with van der Waals surface area (Å²) in [5.41, 5.74) is 5.64. The fraction of sp³-hybridized carbons (Fsp3) is 0. The van der Waals surface area contributed by atoms with Crippen LogP contribution in [0.25, 0.3) is 0 Å². The number of nitrogens with one attached hydrogen (secondary N) is 2. The normalized spacial score (nSPS) is 9.87. The second kappa shape index (κ2) is 3.74. The highest BCUT2D eigenvalue weighted by Crippen LogP contribution is 2.04. The summed E-state index contributed by atoms with van der Waals surface area (Å²) in [6, 6.07) is 1.44. The minimum absolute atomic E-state index is 0.263. The summed E-state index contributed by atoms with van der Waals surface area (Å²) in [5.74, 6) is 0.273. The number of nitrogens with two attached hydrogens (primary N) is 1. The third kappa shape index (κ3) is 2.08. The van der Waals surface area contributed by atoms with Crippen molar-refractivity contribution in [3.63, 3.8) is 0 Å². The zero-order valence-corrected chi connectivity index (χ0v) is 7.64. The van der Waals surface area contributed by atoms with Gasteiger partial charge in [-0.1, -0.05) is 0 Å². The van der Waals surface area contributed by atoms with Gasteiger partial charge >= 0.3 is 0 Å². The number of H-pyrrole nitrogens is 1. The first-order chi connectivity index (χ1) is 7.25. The van der Waals surface area contributed by atoms with Crippen molar-refractivity contribution in [3.8, 4) is 0 Å². The highest BCUT2D eigenvalue weighted by molar-refractivity contribution is 6.02. The molecule has 2 aromatic rings. The SMILES string of the molecule is Nc1cc(C(=O)Nc2cnccn2)[nH]n1. The van der Waals surface area contributed by atoms with Crippen molar-refractivity contribution in [2.75, 3.05) is 11.1 Å². The van der Waals surface area contributed by atoms with E-state index in [1.807, 2.05) is 0 Å². The largest absolute Gasteiger partial charge is 0.382 e. The zero-order chi connectivity index (χ0) is 10.7. The number of aromatic nitrogens is 4. The molecule has 1 amide bonds. The van der Waals surface area contributed by atoms with E-state index in [-0.39, 0.29) is 17.4 Å². The molecule has 7 nitrogen and oxygen atoms in total. The second-order valence-corrected chi connectivity index (χ2v) is 2.75. The van der Waals surface area contributed by atoms with Crippen LogP contribution in [0.15, 0.2) is 24.7 Å². The number of hydrogen-bond acceptors (Lipinski definition) is 5. The van der Waals surface area contributed by atoms with Crippen LogP contribution >= 0.6 is 0 Å². The van der Waals surface area contributed by atoms with Gasteiger partial charge in [0.2, 0.25) is 0 Å². The van der Waals surface area contributed by atoms with Crippen LogP contribution in [-0.2, 0) is 0 Å². The van der Waals surface area contributed by atoms with E-state index in [1.54, 1.807) is 0 Å². The van der Waals surface area contributed by atoms with Crippen molar-refractivity contribution >= 4 is 17.5 Å². The molecule has 0 aliphatic carbocycles. The predicted octanol–water partition coefficient (Wildman–Crippen LogP) is 0.0342. The monoisotopic (exact) mass is 204 g/mol. The Morgan fingerprint density at radius 2 is 2.33 bits per heavy atom. The first-order valence-electron chi connectivity index (χ1n) is 4.14. The Balaban J connectivity index is 2.11. The molecule has 0 aromatic carbocycles. The Hall–Kier alpha value is -2.44. The van der Waals surface area contributed by atoms with Crippen LogP contribution in [0.2, 0.25) is 0 Å². The fourth-order valence-electron chi connectivity index (χ4n) is 1.00. The Labute approximate surface area is 84.7 Å². The minimum Gasteiger partial charge on any atom is -0.382 e. The zero-order valence-electron chi connectivity index (χ0n) is 7.64. The first kappa shape index (κ1) is 9.13. The predicted molar refractivity (Wildman–Crippen MR) is 53.0 cm³/mol. The van der Waals surface area contributed by atoms with Gasteiger partial charge in [-0.05, 0) is 0 Å². The summed E-state index contributed by atoms with van der Waals surface area (Å²) in [6.07, 6.45) is 4.44. The first-order valence-corrected chi connectivity index (χ1v) is 4.14. The van der Waals surface area contributed by atoms with Gasteiger partial charge in [0.25, 0.3) is 5.91 Å². The van der Waals surface area contributed by atoms with E-state index < -0.39 is 0 Å². The van der Waals surface area contributed by atoms with Crippen LogP contribution in [0.5, 0.6) is 0 Å². The molecule has 15 heavy (non-hydrogen) atoms. The molecule has 0 spiro atoms. The minimum atomic E-state index is -0.361. The van der Waals surface area contributed by atoms with E-state index in [2.05, 4.69) is 25.5 Å². The van der Waals surface area contributed by atoms with Crippen molar-refractivity contribution < 1.29 is 4.79 Å². The molecule has 2 aromatic heterocycles. The van der Waals surface area contributed by atoms with Crippen LogP contribution in [-0.4, -0.2) is 26.1 Å². The van der Waals surface area contributed by atoms with E-state index in [0.717, 1.165) is 0 Å². The van der Waals surface area contributed by atoms with Crippen LogP contribution in [0, 0.1) is 0 Å². The number of nitrogens with zero attached hydrogens (tertiary/aromatic N) is 3. The van der Waals surface area contributed by atoms with Gasteiger partial charge in [-0.15, -0.1) is 0 Å². The molecule has 2 rings (SSSR count). The van der Waals surface area contributed by atoms with E-state index in [0.29, 0.717) is 5.82 Å². The van der Waals surface area contributed by atoms with E-state index in [4.69, 9.17) is 5.73 Å². The van der Waals surface area contributed by atoms with E-state index in [1.165, 1.54) is 24.7 Å². The molecule has 0 bridgehead atoms. The summed E-state index contributed by atoms with van der Waals surface area (Å²) < 4.78 is 0. The lowest BCUT2D eigenvalue weighted by Gasteiger charge is -1.99. The molecule has 76 valence electrons. The molecule has 4 N–H and O–H groups in total. The number of hydrogen-bond donors (Lipinski definition) is 3. The molecule has 0 radical (unpaired) electrons. The number of rotatable bonds is 2. The Morgan fingerprint density at radius 1 is 1.47 bits per heavy atom. The maximum atomic E-state index is 11.5. The number of aromatic amines is 1. The molecular weight excluding hydrogens is 196 g/mol. The number of amides is 1. The number of nitrogen functional groups attached to an aromatic ring is 1. The van der Waals surface area contributed by atoms with Gasteiger partial charge in [0, 0.05) is 18.5 Å². The summed E-state index contributed by atoms with van der Waals surface area (Å²) in [5, 5.41) is 8.66. The summed E-state index contributed by atoms with van der Waals surface area (Å²) in [7, 11) is 0. The standard InChI is InChI=1S/C8H8N6O/c9-6-3-5(13-14-6)8(15)12-7-4-10-1-2-11-7/h1-4H,(H3,9,13,14)(H,11,12,15). The molecule has 0 aliphatic rings. The Morgan fingerprint density at radius 3 is 2.93 bits per heavy atom. The second-order valence-electron chi connectivity index (χ2n) is 2.75. The lowest BCUT2D eigenvalue weighted by molar-refractivity contribution is 0.102. The molecule has 0 saturated heterocycles. The third-order valence-corrected chi connectivity index (χ3v) is 1.65. The van der Waals surface area contributed by atoms with E-state index in [9.17, 15) is 4.79 Å². The number of carbonyl (C=O) groups excluding carboxylic acids is 1. The van der Waals surface area contributed by atoms with Crippen LogP contribution < -0.4 is 11.1 Å². The average Bonchev–Trinajstić information content (AvgIpc) is 2.66. The van der Waals surface area contributed by atoms with Gasteiger partial charge in [0.1, 0.15) is 11.5 Å². The average molecular weight is 204 g/mol. The molecule has 0 fully saturated rings. The molecule has 2 heterocycles. The van der Waals surface area contributed by atoms with Crippen molar-refractivity contribution in [3.05, 3.63) is 30.4 Å². The summed E-state index contributed by atoms with van der Waals surface area (Å²) >= 11 is 0. The van der Waals surface area contributed by atoms with Crippen molar-refractivity contribution in [1.29, 1.82) is 0 Å². The molecule has 0 unspecified atom stereocenters. The number of carbonyl (C=O) groups is 1. The Bertz CT molecular complexity index is 465. The van der Waals surface area contributed by atoms with Gasteiger partial charge in [0.05, 0.1) is 6.20 Å². The van der Waals surface area contributed by atoms with Gasteiger partial charge in [-0.25, -0.2) is 4.98 Å². The molecule has 7 heteroatoms. The van der Waals surface area contributed by atoms with Crippen LogP contribution in [0.1, 0.15) is 10.5 Å². The smallest absolute Gasteiger partial charge is 0.274 e. The summed E-state index contributed by atoms with van der Waals surface area (Å²) in [6.45, 7) is 0. The van der Waals surface area contributed by atoms with Gasteiger partial charge < -0.3 is 11.1 Å². The Kier molecular flexibility index (Phi) is 2.28. The lowest BCUT2D eigenvalue weighted by atomic mass is 10.4. The molecule has 0 saturated carbocycles. The van der Waals surface area contributed by atoms with Gasteiger partial charge in [-0.3, -0.25) is 14.9 Å². The van der Waals surface area contributed by atoms with Crippen LogP contribution in [0.3, 0.4) is 0 Å². The molecule has 0 atom stereocenters. The fourth-order valence-corrected chi connectivity index (χ4v) is 1.00. The highest BCUT2D eigenvalue weighted by atomic mass is 16.2. The molecular formula is C8H8N6O. The maximum absolute atomic E-state index is 11.5. The molecule has 0 aliphatic heterocycles. The number of anilines is 2. The van der Waals surface area contributed by atoms with Gasteiger partial charge in [-0.2, -0.15) is 5.10 Å². The van der Waals surface area contributed by atoms with E-state index >= 15 is 0 Å². The summed E-state index contributed by atoms with van der Waals surface area (Å²) in [4.78, 5) is 19.2. The van der Waals surface area contributed by atoms with Crippen molar-refractivity contribution in [1.82, 2.24) is 20.2 Å². The highest BCUT2D eigenvalue weighted by Gasteiger charge is 2.09. The van der Waals surface area contributed by atoms with Crippen molar-refractivity contribution in [2.24, 2.45) is 0 Å². The third-order valence-electron chi connectivity index (χ3n) is 1.65. The maximum Gasteiger partial charge on any atom is 0.274 e. The van der Waals surface area contributed by atoms with Crippen LogP contribution in [0.4, 0.5) is 11.6 Å². The lowest BCUT2D eigenvalue weighted by Crippen LogP contribution is -2.13. The quantitative estimate of drug-likeness (QED) is 0.639. The van der Waals surface area contributed by atoms with Gasteiger partial charge in [0.15, 0.2) is 5.82 Å². The van der Waals surface area contributed by atoms with Crippen molar-refractivity contribution in [2.45, 2.75) is 0 Å².